The van der Waals surface area contributed by atoms with Crippen LogP contribution in [0.15, 0.2) is 51.5 Å². The molecule has 0 amide bonds. The largest absolute Gasteiger partial charge is 0.507 e. The highest BCUT2D eigenvalue weighted by Crippen LogP contribution is 2.31. The lowest BCUT2D eigenvalue weighted by Gasteiger charge is -2.00. The van der Waals surface area contributed by atoms with E-state index in [-0.39, 0.29) is 5.75 Å². The van der Waals surface area contributed by atoms with Crippen molar-refractivity contribution >= 4 is 15.9 Å². The molecule has 0 aliphatic heterocycles. The molecule has 0 atom stereocenters. The number of halogens is 1. The third-order valence-electron chi connectivity index (χ3n) is 2.92. The summed E-state index contributed by atoms with van der Waals surface area (Å²) in [6, 6.07) is 12.9. The molecular formula is C15H11BrN2O2. The van der Waals surface area contributed by atoms with E-state index < -0.39 is 0 Å². The summed E-state index contributed by atoms with van der Waals surface area (Å²) < 4.78 is 6.14. The van der Waals surface area contributed by atoms with Crippen molar-refractivity contribution in [3.05, 3.63) is 52.5 Å². The summed E-state index contributed by atoms with van der Waals surface area (Å²) in [6.07, 6.45) is 0. The van der Waals surface area contributed by atoms with Crippen molar-refractivity contribution in [2.24, 2.45) is 0 Å². The van der Waals surface area contributed by atoms with Crippen LogP contribution in [0, 0.1) is 6.92 Å². The van der Waals surface area contributed by atoms with E-state index in [2.05, 4.69) is 26.1 Å². The quantitative estimate of drug-likeness (QED) is 0.765. The number of aryl methyl sites for hydroxylation is 1. The Morgan fingerprint density at radius 1 is 1.10 bits per heavy atom. The molecule has 0 fully saturated rings. The topological polar surface area (TPSA) is 59.2 Å². The van der Waals surface area contributed by atoms with Gasteiger partial charge in [0, 0.05) is 10.0 Å². The van der Waals surface area contributed by atoms with Crippen LogP contribution < -0.4 is 0 Å². The van der Waals surface area contributed by atoms with Gasteiger partial charge < -0.3 is 9.63 Å². The molecule has 0 radical (unpaired) electrons. The molecule has 3 rings (SSSR count). The summed E-state index contributed by atoms with van der Waals surface area (Å²) in [5, 5.41) is 13.9. The first kappa shape index (κ1) is 12.9. The van der Waals surface area contributed by atoms with Gasteiger partial charge in [-0.3, -0.25) is 0 Å². The number of phenols is 1. The van der Waals surface area contributed by atoms with Crippen LogP contribution in [0.1, 0.15) is 5.56 Å². The van der Waals surface area contributed by atoms with Gasteiger partial charge in [-0.1, -0.05) is 44.8 Å². The molecule has 0 spiro atoms. The van der Waals surface area contributed by atoms with Gasteiger partial charge in [0.15, 0.2) is 0 Å². The fourth-order valence-corrected chi connectivity index (χ4v) is 2.37. The third-order valence-corrected chi connectivity index (χ3v) is 3.61. The van der Waals surface area contributed by atoms with Gasteiger partial charge in [0.25, 0.3) is 5.89 Å². The summed E-state index contributed by atoms with van der Waals surface area (Å²) in [6.45, 7) is 1.94. The lowest BCUT2D eigenvalue weighted by Crippen LogP contribution is -1.84. The van der Waals surface area contributed by atoms with Crippen molar-refractivity contribution in [2.45, 2.75) is 6.92 Å². The van der Waals surface area contributed by atoms with Crippen molar-refractivity contribution in [1.29, 1.82) is 0 Å². The predicted octanol–water partition coefficient (Wildman–Crippen LogP) is 4.18. The summed E-state index contributed by atoms with van der Waals surface area (Å²) in [5.74, 6) is 0.906. The number of hydrogen-bond acceptors (Lipinski definition) is 4. The van der Waals surface area contributed by atoms with Crippen LogP contribution in [0.2, 0.25) is 0 Å². The zero-order valence-electron chi connectivity index (χ0n) is 10.7. The summed E-state index contributed by atoms with van der Waals surface area (Å²) >= 11 is 3.45. The maximum atomic E-state index is 9.89. The summed E-state index contributed by atoms with van der Waals surface area (Å²) in [7, 11) is 0. The number of phenolic OH excluding ortho intramolecular Hbond substituents is 1. The van der Waals surface area contributed by atoms with Gasteiger partial charge in [0.2, 0.25) is 5.82 Å². The minimum Gasteiger partial charge on any atom is -0.507 e. The monoisotopic (exact) mass is 330 g/mol. The summed E-state index contributed by atoms with van der Waals surface area (Å²) in [5.41, 5.74) is 2.39. The predicted molar refractivity (Wildman–Crippen MR) is 79.3 cm³/mol. The maximum Gasteiger partial charge on any atom is 0.262 e. The first-order chi connectivity index (χ1) is 9.65. The standard InChI is InChI=1S/C15H11BrN2O2/c1-9-6-7-13(19)11(8-9)15-17-14(18-20-15)10-4-2-3-5-12(10)16/h2-8,19H,1H3. The van der Waals surface area contributed by atoms with E-state index in [9.17, 15) is 5.11 Å². The van der Waals surface area contributed by atoms with Crippen LogP contribution in [0.3, 0.4) is 0 Å². The lowest BCUT2D eigenvalue weighted by atomic mass is 10.1. The van der Waals surface area contributed by atoms with Crippen molar-refractivity contribution in [3.8, 4) is 28.6 Å². The second-order valence-corrected chi connectivity index (χ2v) is 5.28. The molecule has 1 heterocycles. The maximum absolute atomic E-state index is 9.89. The number of aromatic nitrogens is 2. The summed E-state index contributed by atoms with van der Waals surface area (Å²) in [4.78, 5) is 4.35. The van der Waals surface area contributed by atoms with Crippen molar-refractivity contribution in [3.63, 3.8) is 0 Å². The van der Waals surface area contributed by atoms with Crippen LogP contribution in [-0.4, -0.2) is 15.2 Å². The number of hydrogen-bond donors (Lipinski definition) is 1. The van der Waals surface area contributed by atoms with Crippen LogP contribution in [0.5, 0.6) is 5.75 Å². The Bertz CT molecular complexity index is 768. The Kier molecular flexibility index (Phi) is 3.28. The lowest BCUT2D eigenvalue weighted by molar-refractivity contribution is 0.425. The third kappa shape index (κ3) is 2.32. The van der Waals surface area contributed by atoms with E-state index >= 15 is 0 Å². The van der Waals surface area contributed by atoms with Gasteiger partial charge in [0.05, 0.1) is 5.56 Å². The first-order valence-corrected chi connectivity index (χ1v) is 6.83. The Morgan fingerprint density at radius 3 is 2.70 bits per heavy atom. The molecule has 4 nitrogen and oxygen atoms in total. The molecule has 1 N–H and O–H groups in total. The SMILES string of the molecule is Cc1ccc(O)c(-c2nc(-c3ccccc3Br)no2)c1. The van der Waals surface area contributed by atoms with Crippen LogP contribution in [0.25, 0.3) is 22.8 Å². The molecule has 0 aliphatic carbocycles. The van der Waals surface area contributed by atoms with Gasteiger partial charge in [-0.2, -0.15) is 4.98 Å². The zero-order chi connectivity index (χ0) is 14.1. The number of aromatic hydroxyl groups is 1. The molecule has 0 bridgehead atoms. The number of nitrogens with zero attached hydrogens (tertiary/aromatic N) is 2. The Hall–Kier alpha value is -2.14. The smallest absolute Gasteiger partial charge is 0.262 e. The normalized spacial score (nSPS) is 10.7. The highest BCUT2D eigenvalue weighted by atomic mass is 79.9. The Morgan fingerprint density at radius 2 is 1.90 bits per heavy atom. The second kappa shape index (κ2) is 5.09. The zero-order valence-corrected chi connectivity index (χ0v) is 12.3. The highest BCUT2D eigenvalue weighted by Gasteiger charge is 2.15. The molecule has 3 aromatic rings. The second-order valence-electron chi connectivity index (χ2n) is 4.42. The molecule has 0 saturated carbocycles. The minimum absolute atomic E-state index is 0.123. The molecule has 0 aliphatic rings. The molecule has 1 aromatic heterocycles. The van der Waals surface area contributed by atoms with Crippen molar-refractivity contribution < 1.29 is 9.63 Å². The Labute approximate surface area is 124 Å². The van der Waals surface area contributed by atoms with Crippen LogP contribution in [-0.2, 0) is 0 Å². The molecule has 0 saturated heterocycles. The first-order valence-electron chi connectivity index (χ1n) is 6.04. The van der Waals surface area contributed by atoms with E-state index in [0.717, 1.165) is 15.6 Å². The average molecular weight is 331 g/mol. The van der Waals surface area contributed by atoms with Gasteiger partial charge in [-0.05, 0) is 31.2 Å². The van der Waals surface area contributed by atoms with E-state index in [0.29, 0.717) is 17.3 Å². The van der Waals surface area contributed by atoms with Crippen molar-refractivity contribution in [1.82, 2.24) is 10.1 Å². The average Bonchev–Trinajstić information content (AvgIpc) is 2.91. The van der Waals surface area contributed by atoms with E-state index in [4.69, 9.17) is 4.52 Å². The van der Waals surface area contributed by atoms with Crippen molar-refractivity contribution in [2.75, 3.05) is 0 Å². The molecular weight excluding hydrogens is 320 g/mol. The van der Waals surface area contributed by atoms with E-state index in [1.165, 1.54) is 0 Å². The molecule has 0 unspecified atom stereocenters. The van der Waals surface area contributed by atoms with Crippen LogP contribution >= 0.6 is 15.9 Å². The molecule has 100 valence electrons. The number of rotatable bonds is 2. The molecule has 5 heteroatoms. The van der Waals surface area contributed by atoms with Gasteiger partial charge in [0.1, 0.15) is 5.75 Å². The fourth-order valence-electron chi connectivity index (χ4n) is 1.91. The van der Waals surface area contributed by atoms with Gasteiger partial charge in [-0.15, -0.1) is 0 Å². The molecule has 2 aromatic carbocycles. The van der Waals surface area contributed by atoms with Crippen LogP contribution in [0.4, 0.5) is 0 Å². The fraction of sp³-hybridized carbons (Fsp3) is 0.0667. The van der Waals surface area contributed by atoms with E-state index in [1.807, 2.05) is 43.3 Å². The molecule has 20 heavy (non-hydrogen) atoms. The highest BCUT2D eigenvalue weighted by molar-refractivity contribution is 9.10. The number of benzene rings is 2. The van der Waals surface area contributed by atoms with E-state index in [1.54, 1.807) is 6.07 Å². The minimum atomic E-state index is 0.123. The van der Waals surface area contributed by atoms with Gasteiger partial charge in [-0.25, -0.2) is 0 Å². The van der Waals surface area contributed by atoms with Gasteiger partial charge >= 0.3 is 0 Å². The Balaban J connectivity index is 2.07.